The summed E-state index contributed by atoms with van der Waals surface area (Å²) in [5.74, 6) is 0.541. The van der Waals surface area contributed by atoms with Crippen LogP contribution in [0.5, 0.6) is 5.75 Å². The van der Waals surface area contributed by atoms with E-state index in [0.29, 0.717) is 13.1 Å². The quantitative estimate of drug-likeness (QED) is 0.841. The molecule has 1 fully saturated rings. The molecule has 2 aromatic carbocycles. The fourth-order valence-corrected chi connectivity index (χ4v) is 3.29. The fourth-order valence-electron chi connectivity index (χ4n) is 3.29. The summed E-state index contributed by atoms with van der Waals surface area (Å²) in [4.78, 5) is 12.4. The summed E-state index contributed by atoms with van der Waals surface area (Å²) >= 11 is 0. The van der Waals surface area contributed by atoms with E-state index in [0.717, 1.165) is 29.0 Å². The molecule has 27 heavy (non-hydrogen) atoms. The molecule has 0 aliphatic carbocycles. The van der Waals surface area contributed by atoms with Gasteiger partial charge < -0.3 is 15.4 Å². The SMILES string of the molecule is COc1ccc(CC(=O)N[C@H]2CNC[C@@H]2c2ccc(C(F)(F)F)cc2)cc1. The average Bonchev–Trinajstić information content (AvgIpc) is 3.09. The van der Waals surface area contributed by atoms with Gasteiger partial charge in [0.15, 0.2) is 0 Å². The molecule has 0 spiro atoms. The van der Waals surface area contributed by atoms with Crippen LogP contribution in [-0.2, 0) is 17.4 Å². The summed E-state index contributed by atoms with van der Waals surface area (Å²) in [6.45, 7) is 1.19. The molecule has 2 N–H and O–H groups in total. The summed E-state index contributed by atoms with van der Waals surface area (Å²) in [7, 11) is 1.58. The van der Waals surface area contributed by atoms with Gasteiger partial charge in [-0.15, -0.1) is 0 Å². The second-order valence-electron chi connectivity index (χ2n) is 6.58. The lowest BCUT2D eigenvalue weighted by atomic mass is 9.93. The Morgan fingerprint density at radius 3 is 2.37 bits per heavy atom. The van der Waals surface area contributed by atoms with Gasteiger partial charge in [-0.25, -0.2) is 0 Å². The molecule has 1 aliphatic heterocycles. The van der Waals surface area contributed by atoms with Gasteiger partial charge in [-0.1, -0.05) is 24.3 Å². The highest BCUT2D eigenvalue weighted by molar-refractivity contribution is 5.79. The number of benzene rings is 2. The third-order valence-electron chi connectivity index (χ3n) is 4.75. The van der Waals surface area contributed by atoms with Crippen LogP contribution >= 0.6 is 0 Å². The van der Waals surface area contributed by atoms with Gasteiger partial charge in [-0.05, 0) is 35.4 Å². The van der Waals surface area contributed by atoms with Crippen LogP contribution in [0.2, 0.25) is 0 Å². The minimum atomic E-state index is -4.35. The number of hydrogen-bond acceptors (Lipinski definition) is 3. The Morgan fingerprint density at radius 2 is 1.78 bits per heavy atom. The highest BCUT2D eigenvalue weighted by Gasteiger charge is 2.32. The zero-order valence-corrected chi connectivity index (χ0v) is 14.8. The summed E-state index contributed by atoms with van der Waals surface area (Å²) < 4.78 is 43.3. The lowest BCUT2D eigenvalue weighted by Crippen LogP contribution is -2.40. The monoisotopic (exact) mass is 378 g/mol. The highest BCUT2D eigenvalue weighted by Crippen LogP contribution is 2.31. The Labute approximate surface area is 155 Å². The van der Waals surface area contributed by atoms with Crippen LogP contribution in [0.3, 0.4) is 0 Å². The average molecular weight is 378 g/mol. The van der Waals surface area contributed by atoms with Gasteiger partial charge in [0.05, 0.1) is 19.1 Å². The molecule has 1 amide bonds. The van der Waals surface area contributed by atoms with Crippen molar-refractivity contribution in [3.8, 4) is 5.75 Å². The second-order valence-corrected chi connectivity index (χ2v) is 6.58. The standard InChI is InChI=1S/C20H21F3N2O2/c1-27-16-8-2-13(3-9-16)10-19(26)25-18-12-24-11-17(18)14-4-6-15(7-5-14)20(21,22)23/h2-9,17-18,24H,10-12H2,1H3,(H,25,26)/t17-,18+/m1/s1. The molecule has 2 atom stereocenters. The molecule has 0 radical (unpaired) electrons. The van der Waals surface area contributed by atoms with Crippen LogP contribution in [0.25, 0.3) is 0 Å². The molecule has 7 heteroatoms. The molecular formula is C20H21F3N2O2. The highest BCUT2D eigenvalue weighted by atomic mass is 19.4. The Morgan fingerprint density at radius 1 is 1.11 bits per heavy atom. The zero-order valence-electron chi connectivity index (χ0n) is 14.8. The first kappa shape index (κ1) is 19.2. The van der Waals surface area contributed by atoms with Gasteiger partial charge in [0.1, 0.15) is 5.75 Å². The molecule has 144 valence electrons. The number of hydrogen-bond donors (Lipinski definition) is 2. The van der Waals surface area contributed by atoms with Crippen molar-refractivity contribution in [2.45, 2.75) is 24.6 Å². The summed E-state index contributed by atoms with van der Waals surface area (Å²) in [5.41, 5.74) is 0.977. The summed E-state index contributed by atoms with van der Waals surface area (Å²) in [5, 5.41) is 6.19. The van der Waals surface area contributed by atoms with Crippen molar-refractivity contribution in [2.24, 2.45) is 0 Å². The normalized spacial score (nSPS) is 19.7. The maximum absolute atomic E-state index is 12.7. The largest absolute Gasteiger partial charge is 0.497 e. The van der Waals surface area contributed by atoms with Crippen molar-refractivity contribution < 1.29 is 22.7 Å². The molecule has 2 aromatic rings. The van der Waals surface area contributed by atoms with E-state index in [-0.39, 0.29) is 24.3 Å². The molecule has 1 heterocycles. The first-order chi connectivity index (χ1) is 12.9. The Hall–Kier alpha value is -2.54. The topological polar surface area (TPSA) is 50.4 Å². The van der Waals surface area contributed by atoms with Crippen LogP contribution in [0.4, 0.5) is 13.2 Å². The Balaban J connectivity index is 1.62. The molecule has 0 unspecified atom stereocenters. The molecule has 1 aliphatic rings. The van der Waals surface area contributed by atoms with Crippen LogP contribution in [-0.4, -0.2) is 32.1 Å². The summed E-state index contributed by atoms with van der Waals surface area (Å²) in [6, 6.07) is 12.2. The maximum atomic E-state index is 12.7. The number of ether oxygens (including phenoxy) is 1. The molecule has 0 aromatic heterocycles. The minimum absolute atomic E-state index is 0.0629. The van der Waals surface area contributed by atoms with E-state index in [1.165, 1.54) is 12.1 Å². The lowest BCUT2D eigenvalue weighted by molar-refractivity contribution is -0.137. The van der Waals surface area contributed by atoms with Crippen LogP contribution in [0.15, 0.2) is 48.5 Å². The van der Waals surface area contributed by atoms with E-state index >= 15 is 0 Å². The van der Waals surface area contributed by atoms with Gasteiger partial charge in [-0.3, -0.25) is 4.79 Å². The van der Waals surface area contributed by atoms with Crippen LogP contribution in [0, 0.1) is 0 Å². The number of amides is 1. The lowest BCUT2D eigenvalue weighted by Gasteiger charge is -2.21. The molecule has 1 saturated heterocycles. The van der Waals surface area contributed by atoms with E-state index in [9.17, 15) is 18.0 Å². The minimum Gasteiger partial charge on any atom is -0.497 e. The van der Waals surface area contributed by atoms with Gasteiger partial charge in [-0.2, -0.15) is 13.2 Å². The zero-order chi connectivity index (χ0) is 19.4. The van der Waals surface area contributed by atoms with Crippen molar-refractivity contribution in [3.63, 3.8) is 0 Å². The predicted octanol–water partition coefficient (Wildman–Crippen LogP) is 3.13. The number of nitrogens with one attached hydrogen (secondary N) is 2. The van der Waals surface area contributed by atoms with Gasteiger partial charge in [0, 0.05) is 25.0 Å². The van der Waals surface area contributed by atoms with Crippen molar-refractivity contribution >= 4 is 5.91 Å². The smallest absolute Gasteiger partial charge is 0.416 e. The Bertz CT molecular complexity index is 773. The third kappa shape index (κ3) is 4.80. The van der Waals surface area contributed by atoms with E-state index in [2.05, 4.69) is 10.6 Å². The first-order valence-corrected chi connectivity index (χ1v) is 8.67. The number of alkyl halides is 3. The molecule has 0 bridgehead atoms. The van der Waals surface area contributed by atoms with Gasteiger partial charge in [0.25, 0.3) is 0 Å². The van der Waals surface area contributed by atoms with Gasteiger partial charge >= 0.3 is 6.18 Å². The fraction of sp³-hybridized carbons (Fsp3) is 0.350. The Kier molecular flexibility index (Phi) is 5.70. The van der Waals surface area contributed by atoms with Crippen LogP contribution in [0.1, 0.15) is 22.6 Å². The van der Waals surface area contributed by atoms with E-state index in [1.807, 2.05) is 12.1 Å². The first-order valence-electron chi connectivity index (χ1n) is 8.67. The van der Waals surface area contributed by atoms with E-state index < -0.39 is 11.7 Å². The third-order valence-corrected chi connectivity index (χ3v) is 4.75. The maximum Gasteiger partial charge on any atom is 0.416 e. The van der Waals surface area contributed by atoms with Crippen molar-refractivity contribution in [3.05, 3.63) is 65.2 Å². The number of methoxy groups -OCH3 is 1. The van der Waals surface area contributed by atoms with E-state index in [4.69, 9.17) is 4.74 Å². The summed E-state index contributed by atoms with van der Waals surface area (Å²) in [6.07, 6.45) is -4.11. The number of rotatable bonds is 5. The molecule has 0 saturated carbocycles. The second kappa shape index (κ2) is 8.00. The van der Waals surface area contributed by atoms with Crippen molar-refractivity contribution in [2.75, 3.05) is 20.2 Å². The molecular weight excluding hydrogens is 357 g/mol. The molecule has 3 rings (SSSR count). The number of carbonyl (C=O) groups excluding carboxylic acids is 1. The number of halogens is 3. The van der Waals surface area contributed by atoms with Crippen molar-refractivity contribution in [1.82, 2.24) is 10.6 Å². The van der Waals surface area contributed by atoms with Crippen LogP contribution < -0.4 is 15.4 Å². The van der Waals surface area contributed by atoms with Gasteiger partial charge in [0.2, 0.25) is 5.91 Å². The predicted molar refractivity (Wildman–Crippen MR) is 95.7 cm³/mol. The van der Waals surface area contributed by atoms with Crippen molar-refractivity contribution in [1.29, 1.82) is 0 Å². The molecule has 4 nitrogen and oxygen atoms in total. The van der Waals surface area contributed by atoms with E-state index in [1.54, 1.807) is 19.2 Å². The number of carbonyl (C=O) groups is 1.